The second kappa shape index (κ2) is 14.7. The highest BCUT2D eigenvalue weighted by Crippen LogP contribution is 2.35. The van der Waals surface area contributed by atoms with Crippen molar-refractivity contribution in [3.63, 3.8) is 0 Å². The van der Waals surface area contributed by atoms with Gasteiger partial charge in [-0.25, -0.2) is 0 Å². The van der Waals surface area contributed by atoms with Gasteiger partial charge in [0.2, 0.25) is 11.0 Å². The third-order valence-corrected chi connectivity index (χ3v) is 7.51. The molecule has 0 aliphatic heterocycles. The molecular formula is C31H40N9O3S+. The van der Waals surface area contributed by atoms with E-state index in [9.17, 15) is 15.0 Å². The van der Waals surface area contributed by atoms with Crippen LogP contribution in [0.4, 0.5) is 50.1 Å². The van der Waals surface area contributed by atoms with Gasteiger partial charge in [0.25, 0.3) is 0 Å². The first-order valence-electron chi connectivity index (χ1n) is 14.2. The van der Waals surface area contributed by atoms with Crippen LogP contribution in [-0.4, -0.2) is 53.6 Å². The lowest BCUT2D eigenvalue weighted by Crippen LogP contribution is -2.38. The topological polar surface area (TPSA) is 150 Å². The van der Waals surface area contributed by atoms with Crippen LogP contribution < -0.4 is 30.8 Å². The molecule has 44 heavy (non-hydrogen) atoms. The molecule has 232 valence electrons. The maximum absolute atomic E-state index is 12.1. The summed E-state index contributed by atoms with van der Waals surface area (Å²) >= 11 is 1.29. The molecule has 1 amide bonds. The fraction of sp³-hybridized carbons (Fsp3) is 0.323. The number of anilines is 7. The Labute approximate surface area is 261 Å². The molecule has 1 aromatic heterocycles. The molecule has 13 heteroatoms. The Bertz CT molecular complexity index is 1580. The lowest BCUT2D eigenvalue weighted by molar-refractivity contribution is -0.712. The molecule has 3 aromatic carbocycles. The van der Waals surface area contributed by atoms with Crippen molar-refractivity contribution < 1.29 is 19.7 Å². The van der Waals surface area contributed by atoms with Gasteiger partial charge in [-0.3, -0.25) is 4.79 Å². The van der Waals surface area contributed by atoms with E-state index in [0.29, 0.717) is 34.7 Å². The lowest BCUT2D eigenvalue weighted by Gasteiger charge is -2.23. The van der Waals surface area contributed by atoms with Crippen LogP contribution in [0.1, 0.15) is 26.3 Å². The van der Waals surface area contributed by atoms with Crippen LogP contribution in [0.15, 0.2) is 70.9 Å². The first kappa shape index (κ1) is 32.3. The van der Waals surface area contributed by atoms with Crippen molar-refractivity contribution in [1.82, 2.24) is 5.10 Å². The number of aliphatic hydroxyl groups is 2. The molecule has 0 saturated carbocycles. The number of azo groups is 1. The number of aliphatic hydroxyl groups excluding tert-OH is 2. The number of carbonyl (C=O) groups excluding carboxylic acids is 1. The number of amides is 1. The van der Waals surface area contributed by atoms with E-state index in [1.54, 1.807) is 25.6 Å². The van der Waals surface area contributed by atoms with Gasteiger partial charge in [-0.2, -0.15) is 0 Å². The van der Waals surface area contributed by atoms with Gasteiger partial charge >= 0.3 is 5.13 Å². The van der Waals surface area contributed by atoms with Gasteiger partial charge in [0.15, 0.2) is 0 Å². The molecule has 2 atom stereocenters. The van der Waals surface area contributed by atoms with Crippen LogP contribution in [0.25, 0.3) is 0 Å². The Morgan fingerprint density at radius 3 is 1.98 bits per heavy atom. The summed E-state index contributed by atoms with van der Waals surface area (Å²) in [6.45, 7) is 7.41. The molecule has 0 spiro atoms. The minimum atomic E-state index is -0.598. The van der Waals surface area contributed by atoms with E-state index in [-0.39, 0.29) is 5.91 Å². The Kier molecular flexibility index (Phi) is 10.8. The van der Waals surface area contributed by atoms with Crippen LogP contribution >= 0.6 is 11.3 Å². The van der Waals surface area contributed by atoms with Crippen molar-refractivity contribution in [2.24, 2.45) is 17.3 Å². The summed E-state index contributed by atoms with van der Waals surface area (Å²) in [4.78, 5) is 13.9. The zero-order valence-corrected chi connectivity index (χ0v) is 26.6. The average molecular weight is 619 g/mol. The number of nitrogens with zero attached hydrogens (tertiary/aromatic N) is 5. The standard InChI is InChI=1S/C31H39N9O3S/c1-19-15-29(36-37-30-39(6)38-31(44-30)40(17-20(2)41)18-21(3)42)28(33-22(4)43)16-27(19)35-26-13-11-25(12-14-26)34-24-9-7-23(32-5)8-10-24/h7-16,20-21,41-42H,17-18H2,1-6H3,(H3,32,33,34,35,36,43)/p+1. The second-order valence-electron chi connectivity index (χ2n) is 10.6. The number of rotatable bonds is 13. The minimum Gasteiger partial charge on any atom is -0.392 e. The zero-order valence-electron chi connectivity index (χ0n) is 25.8. The van der Waals surface area contributed by atoms with Crippen molar-refractivity contribution in [2.45, 2.75) is 39.9 Å². The molecule has 0 fully saturated rings. The summed E-state index contributed by atoms with van der Waals surface area (Å²) < 4.78 is 1.59. The van der Waals surface area contributed by atoms with E-state index < -0.39 is 12.2 Å². The Morgan fingerprint density at radius 2 is 1.45 bits per heavy atom. The normalized spacial score (nSPS) is 12.5. The second-order valence-corrected chi connectivity index (χ2v) is 11.5. The van der Waals surface area contributed by atoms with Crippen molar-refractivity contribution in [1.29, 1.82) is 0 Å². The molecule has 12 nitrogen and oxygen atoms in total. The maximum Gasteiger partial charge on any atom is 0.431 e. The highest BCUT2D eigenvalue weighted by Gasteiger charge is 2.23. The quantitative estimate of drug-likeness (QED) is 0.0820. The molecular weight excluding hydrogens is 578 g/mol. The predicted octanol–water partition coefficient (Wildman–Crippen LogP) is 5.75. The SMILES string of the molecule is CNc1ccc(Nc2ccc(Nc3cc(NC(C)=O)c(N=Nc4sc(N(CC(C)O)CC(C)O)n[n+]4C)cc3C)cc2)cc1. The summed E-state index contributed by atoms with van der Waals surface area (Å²) in [6.07, 6.45) is -1.20. The van der Waals surface area contributed by atoms with E-state index in [1.165, 1.54) is 18.3 Å². The van der Waals surface area contributed by atoms with Crippen LogP contribution in [0, 0.1) is 6.92 Å². The molecule has 0 radical (unpaired) electrons. The monoisotopic (exact) mass is 618 g/mol. The number of nitrogens with one attached hydrogen (secondary N) is 4. The fourth-order valence-electron chi connectivity index (χ4n) is 4.40. The molecule has 0 aliphatic carbocycles. The van der Waals surface area contributed by atoms with Crippen LogP contribution in [0.3, 0.4) is 0 Å². The first-order valence-corrected chi connectivity index (χ1v) is 15.1. The Balaban J connectivity index is 1.53. The van der Waals surface area contributed by atoms with Crippen molar-refractivity contribution >= 4 is 67.3 Å². The van der Waals surface area contributed by atoms with Gasteiger partial charge in [-0.15, -0.1) is 4.68 Å². The highest BCUT2D eigenvalue weighted by molar-refractivity contribution is 7.18. The summed E-state index contributed by atoms with van der Waals surface area (Å²) in [7, 11) is 3.65. The van der Waals surface area contributed by atoms with Crippen molar-refractivity contribution in [3.05, 3.63) is 66.2 Å². The molecule has 6 N–H and O–H groups in total. The van der Waals surface area contributed by atoms with E-state index in [4.69, 9.17) is 0 Å². The van der Waals surface area contributed by atoms with E-state index in [1.807, 2.05) is 79.5 Å². The fourth-order valence-corrected chi connectivity index (χ4v) is 5.26. The summed E-state index contributed by atoms with van der Waals surface area (Å²) in [5.74, 6) is -0.230. The number of aromatic nitrogens is 2. The van der Waals surface area contributed by atoms with Crippen molar-refractivity contribution in [3.8, 4) is 0 Å². The summed E-state index contributed by atoms with van der Waals surface area (Å²) in [5, 5.41) is 47.1. The average Bonchev–Trinajstić information content (AvgIpc) is 3.34. The lowest BCUT2D eigenvalue weighted by atomic mass is 10.1. The molecule has 4 rings (SSSR count). The number of carbonyl (C=O) groups is 1. The van der Waals surface area contributed by atoms with Crippen LogP contribution in [0.2, 0.25) is 0 Å². The van der Waals surface area contributed by atoms with E-state index >= 15 is 0 Å². The number of hydrogen-bond acceptors (Lipinski definition) is 11. The zero-order chi connectivity index (χ0) is 31.8. The minimum absolute atomic E-state index is 0.230. The smallest absolute Gasteiger partial charge is 0.392 e. The molecule has 0 bridgehead atoms. The molecule has 1 heterocycles. The Hall–Kier alpha value is -4.59. The largest absolute Gasteiger partial charge is 0.431 e. The third-order valence-electron chi connectivity index (χ3n) is 6.46. The van der Waals surface area contributed by atoms with Crippen molar-refractivity contribution in [2.75, 3.05) is 46.3 Å². The summed E-state index contributed by atoms with van der Waals surface area (Å²) in [5.41, 5.74) is 6.61. The number of aryl methyl sites for hydroxylation is 2. The van der Waals surface area contributed by atoms with Crippen LogP contribution in [-0.2, 0) is 11.8 Å². The Morgan fingerprint density at radius 1 is 0.909 bits per heavy atom. The summed E-state index contributed by atoms with van der Waals surface area (Å²) in [6, 6.07) is 19.7. The maximum atomic E-state index is 12.1. The third kappa shape index (κ3) is 8.96. The number of hydrogen-bond donors (Lipinski definition) is 6. The van der Waals surface area contributed by atoms with Crippen LogP contribution in [0.5, 0.6) is 0 Å². The molecule has 0 aliphatic rings. The van der Waals surface area contributed by atoms with Gasteiger partial charge in [0.1, 0.15) is 12.7 Å². The molecule has 2 unspecified atom stereocenters. The number of benzene rings is 3. The van der Waals surface area contributed by atoms with Gasteiger partial charge in [0, 0.05) is 55.5 Å². The van der Waals surface area contributed by atoms with Gasteiger partial charge < -0.3 is 36.4 Å². The predicted molar refractivity (Wildman–Crippen MR) is 178 cm³/mol. The molecule has 0 saturated heterocycles. The van der Waals surface area contributed by atoms with Gasteiger partial charge in [0.05, 0.1) is 23.0 Å². The van der Waals surface area contributed by atoms with E-state index in [2.05, 4.69) is 36.6 Å². The highest BCUT2D eigenvalue weighted by atomic mass is 32.1. The first-order chi connectivity index (χ1) is 21.0. The van der Waals surface area contributed by atoms with E-state index in [0.717, 1.165) is 34.0 Å². The molecule has 4 aromatic rings. The van der Waals surface area contributed by atoms with Gasteiger partial charge in [-0.1, -0.05) is 5.10 Å². The van der Waals surface area contributed by atoms with Gasteiger partial charge in [-0.05, 0) is 103 Å².